The molecule has 0 heterocycles. The highest BCUT2D eigenvalue weighted by atomic mass is 16.5. The molecule has 0 aliphatic heterocycles. The van der Waals surface area contributed by atoms with Crippen LogP contribution in [0.25, 0.3) is 0 Å². The molecule has 0 radical (unpaired) electrons. The van der Waals surface area contributed by atoms with Crippen LogP contribution in [0, 0.1) is 0 Å². The Balaban J connectivity index is 3.30. The molecule has 0 aromatic heterocycles. The third-order valence-corrected chi connectivity index (χ3v) is 4.95. The largest absolute Gasteiger partial charge is 0.332 e. The Morgan fingerprint density at radius 3 is 1.46 bits per heavy atom. The van der Waals surface area contributed by atoms with E-state index in [1.807, 2.05) is 0 Å². The first kappa shape index (κ1) is 23.9. The molecular weight excluding hydrogens is 294 g/mol. The second-order valence-electron chi connectivity index (χ2n) is 8.29. The van der Waals surface area contributed by atoms with Gasteiger partial charge in [-0.05, 0) is 19.3 Å². The molecule has 0 spiro atoms. The zero-order valence-corrected chi connectivity index (χ0v) is 17.6. The number of hydrogen-bond acceptors (Lipinski definition) is 1. The van der Waals surface area contributed by atoms with E-state index >= 15 is 0 Å². The minimum atomic E-state index is 0.881. The van der Waals surface area contributed by atoms with Crippen molar-refractivity contribution in [3.63, 3.8) is 0 Å². The molecule has 0 atom stereocenters. The molecule has 0 saturated carbocycles. The predicted octanol–water partition coefficient (Wildman–Crippen LogP) is 6.93. The van der Waals surface area contributed by atoms with E-state index < -0.39 is 0 Å². The molecule has 0 N–H and O–H groups in total. The molecule has 0 unspecified atom stereocenters. The Labute approximate surface area is 153 Å². The fraction of sp³-hybridized carbons (Fsp3) is 1.00. The van der Waals surface area contributed by atoms with Crippen molar-refractivity contribution in [2.75, 3.05) is 34.0 Å². The van der Waals surface area contributed by atoms with Crippen molar-refractivity contribution in [2.24, 2.45) is 0 Å². The first-order chi connectivity index (χ1) is 11.6. The van der Waals surface area contributed by atoms with Crippen LogP contribution in [0.3, 0.4) is 0 Å². The van der Waals surface area contributed by atoms with Crippen molar-refractivity contribution in [1.82, 2.24) is 0 Å². The van der Waals surface area contributed by atoms with E-state index in [0.29, 0.717) is 0 Å². The average Bonchev–Trinajstić information content (AvgIpc) is 2.56. The van der Waals surface area contributed by atoms with E-state index in [-0.39, 0.29) is 0 Å². The number of hydrogen-bond donors (Lipinski definition) is 0. The minimum absolute atomic E-state index is 0.881. The van der Waals surface area contributed by atoms with Crippen molar-refractivity contribution in [3.8, 4) is 0 Å². The second-order valence-corrected chi connectivity index (χ2v) is 8.29. The Bertz CT molecular complexity index is 240. The Kier molecular flexibility index (Phi) is 17.7. The lowest BCUT2D eigenvalue weighted by Gasteiger charge is -2.29. The van der Waals surface area contributed by atoms with Gasteiger partial charge < -0.3 is 9.22 Å². The fourth-order valence-corrected chi connectivity index (χ4v) is 3.21. The summed E-state index contributed by atoms with van der Waals surface area (Å²) >= 11 is 0. The van der Waals surface area contributed by atoms with Crippen LogP contribution in [0.15, 0.2) is 0 Å². The number of rotatable bonds is 19. The lowest BCUT2D eigenvalue weighted by molar-refractivity contribution is -0.909. The maximum atomic E-state index is 5.93. The van der Waals surface area contributed by atoms with Gasteiger partial charge in [0, 0.05) is 0 Å². The Morgan fingerprint density at radius 2 is 0.958 bits per heavy atom. The molecular formula is C22H48NO+. The highest BCUT2D eigenvalue weighted by Crippen LogP contribution is 2.11. The molecule has 0 aliphatic rings. The first-order valence-corrected chi connectivity index (χ1v) is 11.0. The van der Waals surface area contributed by atoms with E-state index in [0.717, 1.165) is 17.8 Å². The van der Waals surface area contributed by atoms with Gasteiger partial charge in [-0.15, -0.1) is 0 Å². The van der Waals surface area contributed by atoms with Gasteiger partial charge in [0.15, 0.2) is 6.73 Å². The van der Waals surface area contributed by atoms with E-state index in [1.165, 1.54) is 103 Å². The van der Waals surface area contributed by atoms with Gasteiger partial charge in [0.25, 0.3) is 0 Å². The third kappa shape index (κ3) is 18.3. The van der Waals surface area contributed by atoms with Crippen LogP contribution in [0.5, 0.6) is 0 Å². The Hall–Kier alpha value is -0.0800. The van der Waals surface area contributed by atoms with E-state index in [9.17, 15) is 0 Å². The molecule has 0 rings (SSSR count). The summed E-state index contributed by atoms with van der Waals surface area (Å²) in [4.78, 5) is 0. The standard InChI is InChI=1S/C22H48NO/c1-5-7-9-11-13-14-15-17-19-21-24-22-23(3,4)20-18-16-12-10-8-6-2/h5-22H2,1-4H3/q+1. The van der Waals surface area contributed by atoms with Crippen molar-refractivity contribution in [3.05, 3.63) is 0 Å². The molecule has 0 aromatic rings. The molecule has 0 aromatic carbocycles. The summed E-state index contributed by atoms with van der Waals surface area (Å²) < 4.78 is 6.94. The van der Waals surface area contributed by atoms with Crippen LogP contribution >= 0.6 is 0 Å². The smallest absolute Gasteiger partial charge is 0.182 e. The molecule has 0 amide bonds. The zero-order valence-electron chi connectivity index (χ0n) is 17.6. The summed E-state index contributed by atoms with van der Waals surface area (Å²) in [5, 5.41) is 0. The highest BCUT2D eigenvalue weighted by Gasteiger charge is 2.13. The maximum absolute atomic E-state index is 5.93. The molecule has 2 nitrogen and oxygen atoms in total. The van der Waals surface area contributed by atoms with E-state index in [1.54, 1.807) is 0 Å². The summed E-state index contributed by atoms with van der Waals surface area (Å²) in [7, 11) is 4.62. The van der Waals surface area contributed by atoms with Crippen molar-refractivity contribution in [1.29, 1.82) is 0 Å². The molecule has 0 aliphatic carbocycles. The van der Waals surface area contributed by atoms with E-state index in [2.05, 4.69) is 27.9 Å². The average molecular weight is 343 g/mol. The van der Waals surface area contributed by atoms with Gasteiger partial charge in [-0.2, -0.15) is 0 Å². The van der Waals surface area contributed by atoms with Crippen LogP contribution in [0.2, 0.25) is 0 Å². The molecule has 0 fully saturated rings. The normalized spacial score (nSPS) is 12.0. The van der Waals surface area contributed by atoms with Crippen molar-refractivity contribution in [2.45, 2.75) is 110 Å². The fourth-order valence-electron chi connectivity index (χ4n) is 3.21. The zero-order chi connectivity index (χ0) is 17.9. The quantitative estimate of drug-likeness (QED) is 0.140. The third-order valence-electron chi connectivity index (χ3n) is 4.95. The lowest BCUT2D eigenvalue weighted by Crippen LogP contribution is -2.42. The van der Waals surface area contributed by atoms with E-state index in [4.69, 9.17) is 4.74 Å². The summed E-state index contributed by atoms with van der Waals surface area (Å²) in [5.74, 6) is 0. The topological polar surface area (TPSA) is 9.23 Å². The first-order valence-electron chi connectivity index (χ1n) is 11.0. The van der Waals surface area contributed by atoms with Gasteiger partial charge in [-0.3, -0.25) is 0 Å². The molecule has 0 saturated heterocycles. The van der Waals surface area contributed by atoms with Crippen LogP contribution in [0.1, 0.15) is 110 Å². The number of ether oxygens (including phenoxy) is 1. The number of quaternary nitrogens is 1. The van der Waals surface area contributed by atoms with Crippen molar-refractivity contribution < 1.29 is 9.22 Å². The van der Waals surface area contributed by atoms with Gasteiger partial charge in [0.2, 0.25) is 0 Å². The number of unbranched alkanes of at least 4 members (excludes halogenated alkanes) is 13. The molecule has 146 valence electrons. The predicted molar refractivity (Wildman–Crippen MR) is 108 cm³/mol. The number of nitrogens with zero attached hydrogens (tertiary/aromatic N) is 1. The highest BCUT2D eigenvalue weighted by molar-refractivity contribution is 4.47. The van der Waals surface area contributed by atoms with Crippen LogP contribution in [-0.2, 0) is 4.74 Å². The summed E-state index contributed by atoms with van der Waals surface area (Å²) in [6.07, 6.45) is 20.8. The van der Waals surface area contributed by atoms with Gasteiger partial charge in [-0.1, -0.05) is 90.9 Å². The maximum Gasteiger partial charge on any atom is 0.182 e. The van der Waals surface area contributed by atoms with Gasteiger partial charge in [-0.25, -0.2) is 0 Å². The van der Waals surface area contributed by atoms with Crippen LogP contribution < -0.4 is 0 Å². The summed E-state index contributed by atoms with van der Waals surface area (Å²) in [6, 6.07) is 0. The monoisotopic (exact) mass is 342 g/mol. The lowest BCUT2D eigenvalue weighted by atomic mass is 10.1. The minimum Gasteiger partial charge on any atom is -0.332 e. The van der Waals surface area contributed by atoms with Gasteiger partial charge in [0.05, 0.1) is 27.2 Å². The molecule has 0 bridgehead atoms. The van der Waals surface area contributed by atoms with Gasteiger partial charge >= 0.3 is 0 Å². The summed E-state index contributed by atoms with van der Waals surface area (Å²) in [5.41, 5.74) is 0. The van der Waals surface area contributed by atoms with Gasteiger partial charge in [0.1, 0.15) is 0 Å². The van der Waals surface area contributed by atoms with Crippen molar-refractivity contribution >= 4 is 0 Å². The van der Waals surface area contributed by atoms with Crippen LogP contribution in [-0.4, -0.2) is 38.5 Å². The molecule has 24 heavy (non-hydrogen) atoms. The Morgan fingerprint density at radius 1 is 0.542 bits per heavy atom. The second kappa shape index (κ2) is 17.7. The SMILES string of the molecule is CCCCCCCCCCCOC[N+](C)(C)CCCCCCCC. The summed E-state index contributed by atoms with van der Waals surface area (Å²) in [6.45, 7) is 7.66. The van der Waals surface area contributed by atoms with Crippen LogP contribution in [0.4, 0.5) is 0 Å². The molecule has 2 heteroatoms.